The first-order chi connectivity index (χ1) is 2.41. The number of hydrogen-bond donors (Lipinski definition) is 0. The van der Waals surface area contributed by atoms with Gasteiger partial charge in [-0.3, -0.25) is 0 Å². The normalized spacial score (nSPS) is 3.00. The van der Waals surface area contributed by atoms with Gasteiger partial charge in [0.15, 0.2) is 0 Å². The fourth-order valence-corrected chi connectivity index (χ4v) is 0.0204. The Labute approximate surface area is 77.9 Å². The van der Waals surface area contributed by atoms with Crippen LogP contribution >= 0.6 is 0 Å². The van der Waals surface area contributed by atoms with Crippen LogP contribution in [0.25, 0.3) is 0 Å². The maximum Gasteiger partial charge on any atom is 0.303 e. The quantitative estimate of drug-likeness (QED) is 0.312. The molecule has 0 aromatic heterocycles. The van der Waals surface area contributed by atoms with Crippen molar-refractivity contribution >= 4 is 51.4 Å². The zero-order chi connectivity index (χ0) is 4.12. The van der Waals surface area contributed by atoms with Gasteiger partial charge in [0.25, 0.3) is 0 Å². The summed E-state index contributed by atoms with van der Waals surface area (Å²) in [6, 6.07) is 0. The molecule has 0 heterocycles. The Morgan fingerprint density at radius 1 is 1.17 bits per heavy atom. The molecule has 1 radical (unpaired) electrons. The molecule has 0 aliphatic heterocycles. The Hall–Kier alpha value is 0.416. The second-order valence-corrected chi connectivity index (χ2v) is 0.285. The van der Waals surface area contributed by atoms with Crippen molar-refractivity contribution in [3.63, 3.8) is 0 Å². The average molecular weight is 107 g/mol. The Morgan fingerprint density at radius 3 is 1.50 bits per heavy atom. The summed E-state index contributed by atoms with van der Waals surface area (Å²) in [6.45, 7) is 0. The first kappa shape index (κ1) is 9.65. The first-order valence-electron chi connectivity index (χ1n) is 0.855. The molecule has 0 saturated heterocycles. The van der Waals surface area contributed by atoms with Crippen molar-refractivity contribution in [1.29, 1.82) is 10.5 Å². The third-order valence-corrected chi connectivity index (χ3v) is 0.0913. The standard InChI is InChI=1S/C2N2O.K/c3-1-5-2-4;. The van der Waals surface area contributed by atoms with Gasteiger partial charge in [-0.15, -0.1) is 10.5 Å². The molecular weight excluding hydrogens is 107 g/mol. The Balaban J connectivity index is 0. The van der Waals surface area contributed by atoms with Crippen LogP contribution in [0.4, 0.5) is 0 Å². The average Bonchev–Trinajstić information content (AvgIpc) is 1.41. The van der Waals surface area contributed by atoms with E-state index in [1.807, 2.05) is 0 Å². The number of rotatable bonds is 0. The number of ether oxygens (including phenoxy) is 1. The van der Waals surface area contributed by atoms with Crippen LogP contribution in [-0.2, 0) is 4.74 Å². The van der Waals surface area contributed by atoms with Crippen molar-refractivity contribution in [2.45, 2.75) is 0 Å². The molecule has 0 aromatic rings. The van der Waals surface area contributed by atoms with Crippen LogP contribution in [0.5, 0.6) is 0 Å². The molecule has 25 valence electrons. The summed E-state index contributed by atoms with van der Waals surface area (Å²) < 4.78 is 3.44. The van der Waals surface area contributed by atoms with Gasteiger partial charge in [-0.2, -0.15) is 0 Å². The summed E-state index contributed by atoms with van der Waals surface area (Å²) in [5, 5.41) is 14.7. The van der Waals surface area contributed by atoms with Crippen molar-refractivity contribution in [1.82, 2.24) is 0 Å². The van der Waals surface area contributed by atoms with Crippen molar-refractivity contribution < 1.29 is 4.74 Å². The van der Waals surface area contributed by atoms with Crippen molar-refractivity contribution in [2.24, 2.45) is 0 Å². The largest absolute Gasteiger partial charge is 0.308 e. The summed E-state index contributed by atoms with van der Waals surface area (Å²) >= 11 is 0. The fourth-order valence-electron chi connectivity index (χ4n) is 0.0204. The molecule has 0 bridgehead atoms. The minimum Gasteiger partial charge on any atom is -0.308 e. The molecule has 0 fully saturated rings. The molecule has 0 spiro atoms. The second-order valence-electron chi connectivity index (χ2n) is 0.285. The molecule has 3 nitrogen and oxygen atoms in total. The molecule has 0 aliphatic rings. The van der Waals surface area contributed by atoms with Crippen LogP contribution in [-0.4, -0.2) is 51.4 Å². The Bertz CT molecular complexity index is 76.7. The van der Waals surface area contributed by atoms with Crippen molar-refractivity contribution in [2.75, 3.05) is 0 Å². The van der Waals surface area contributed by atoms with E-state index in [1.54, 1.807) is 0 Å². The molecule has 0 unspecified atom stereocenters. The summed E-state index contributed by atoms with van der Waals surface area (Å²) in [7, 11) is 0. The summed E-state index contributed by atoms with van der Waals surface area (Å²) in [6.07, 6.45) is 2.31. The summed E-state index contributed by atoms with van der Waals surface area (Å²) in [4.78, 5) is 0. The van der Waals surface area contributed by atoms with E-state index in [1.165, 1.54) is 0 Å². The van der Waals surface area contributed by atoms with E-state index < -0.39 is 0 Å². The van der Waals surface area contributed by atoms with Crippen LogP contribution in [0.3, 0.4) is 0 Å². The molecule has 0 atom stereocenters. The van der Waals surface area contributed by atoms with Crippen LogP contribution in [0.1, 0.15) is 0 Å². The predicted octanol–water partition coefficient (Wildman–Crippen LogP) is -0.416. The first-order valence-corrected chi connectivity index (χ1v) is 0.855. The van der Waals surface area contributed by atoms with Gasteiger partial charge >= 0.3 is 12.5 Å². The van der Waals surface area contributed by atoms with Crippen LogP contribution < -0.4 is 0 Å². The van der Waals surface area contributed by atoms with Gasteiger partial charge < -0.3 is 4.74 Å². The monoisotopic (exact) mass is 107 g/mol. The molecule has 4 heteroatoms. The van der Waals surface area contributed by atoms with Crippen LogP contribution in [0.15, 0.2) is 0 Å². The van der Waals surface area contributed by atoms with E-state index in [4.69, 9.17) is 10.5 Å². The third-order valence-electron chi connectivity index (χ3n) is 0.0913. The maximum atomic E-state index is 7.37. The molecule has 0 aromatic carbocycles. The molecule has 0 amide bonds. The van der Waals surface area contributed by atoms with Gasteiger partial charge in [-0.05, 0) is 0 Å². The van der Waals surface area contributed by atoms with Crippen molar-refractivity contribution in [3.05, 3.63) is 0 Å². The molecule has 0 aliphatic carbocycles. The van der Waals surface area contributed by atoms with E-state index in [-0.39, 0.29) is 51.4 Å². The van der Waals surface area contributed by atoms with E-state index in [2.05, 4.69) is 4.74 Å². The van der Waals surface area contributed by atoms with E-state index in [0.29, 0.717) is 0 Å². The predicted molar refractivity (Wildman–Crippen MR) is 18.1 cm³/mol. The van der Waals surface area contributed by atoms with Crippen LogP contribution in [0.2, 0.25) is 0 Å². The molecule has 0 saturated carbocycles. The summed E-state index contributed by atoms with van der Waals surface area (Å²) in [5.41, 5.74) is 0. The van der Waals surface area contributed by atoms with Gasteiger partial charge in [0.05, 0.1) is 0 Å². The van der Waals surface area contributed by atoms with Gasteiger partial charge in [0.2, 0.25) is 0 Å². The maximum absolute atomic E-state index is 7.37. The smallest absolute Gasteiger partial charge is 0.303 e. The van der Waals surface area contributed by atoms with E-state index in [9.17, 15) is 0 Å². The van der Waals surface area contributed by atoms with Gasteiger partial charge in [0.1, 0.15) is 0 Å². The Kier molecular flexibility index (Phi) is 14.6. The Morgan fingerprint density at radius 2 is 1.50 bits per heavy atom. The van der Waals surface area contributed by atoms with E-state index in [0.717, 1.165) is 12.5 Å². The molecule has 0 rings (SSSR count). The summed E-state index contributed by atoms with van der Waals surface area (Å²) in [5.74, 6) is 0. The fraction of sp³-hybridized carbons (Fsp3) is 0. The van der Waals surface area contributed by atoms with Gasteiger partial charge in [-0.25, -0.2) is 0 Å². The third kappa shape index (κ3) is 8.83. The number of nitriles is 2. The van der Waals surface area contributed by atoms with Crippen molar-refractivity contribution in [3.8, 4) is 12.5 Å². The number of nitrogens with zero attached hydrogens (tertiary/aromatic N) is 2. The SMILES string of the molecule is N#COC#N.[K]. The molecule has 0 N–H and O–H groups in total. The zero-order valence-electron chi connectivity index (χ0n) is 3.30. The number of hydrogen-bond acceptors (Lipinski definition) is 3. The molecular formula is C2KN2O. The van der Waals surface area contributed by atoms with E-state index >= 15 is 0 Å². The minimum atomic E-state index is 0. The molecule has 6 heavy (non-hydrogen) atoms. The second kappa shape index (κ2) is 9.05. The minimum absolute atomic E-state index is 0. The van der Waals surface area contributed by atoms with Gasteiger partial charge in [-0.1, -0.05) is 0 Å². The topological polar surface area (TPSA) is 56.8 Å². The van der Waals surface area contributed by atoms with Gasteiger partial charge in [0, 0.05) is 51.4 Å². The van der Waals surface area contributed by atoms with Crippen LogP contribution in [0, 0.1) is 23.0 Å². The zero-order valence-corrected chi connectivity index (χ0v) is 6.43.